The lowest BCUT2D eigenvalue weighted by molar-refractivity contribution is 0.129. The van der Waals surface area contributed by atoms with Crippen LogP contribution in [-0.4, -0.2) is 42.7 Å². The molecule has 116 valence electrons. The van der Waals surface area contributed by atoms with Gasteiger partial charge in [0.05, 0.1) is 12.6 Å². The predicted octanol–water partition coefficient (Wildman–Crippen LogP) is 2.81. The van der Waals surface area contributed by atoms with Crippen LogP contribution in [0, 0.1) is 5.41 Å². The molecule has 0 spiro atoms. The SMILES string of the molecule is COCC1(CNC(=O)N2CCCCC2c2nccs2)CC1. The Bertz CT molecular complexity index is 473. The minimum absolute atomic E-state index is 0.0530. The van der Waals surface area contributed by atoms with Crippen LogP contribution in [0.25, 0.3) is 0 Å². The summed E-state index contributed by atoms with van der Waals surface area (Å²) in [5.74, 6) is 0. The summed E-state index contributed by atoms with van der Waals surface area (Å²) in [5.41, 5.74) is 0.191. The van der Waals surface area contributed by atoms with Crippen LogP contribution in [0.1, 0.15) is 43.2 Å². The number of carbonyl (C=O) groups is 1. The van der Waals surface area contributed by atoms with Gasteiger partial charge in [0.1, 0.15) is 5.01 Å². The second-order valence-corrected chi connectivity index (χ2v) is 7.09. The van der Waals surface area contributed by atoms with Gasteiger partial charge in [-0.2, -0.15) is 0 Å². The molecule has 0 bridgehead atoms. The van der Waals surface area contributed by atoms with Crippen molar-refractivity contribution < 1.29 is 9.53 Å². The topological polar surface area (TPSA) is 54.5 Å². The first kappa shape index (κ1) is 14.8. The molecule has 1 N–H and O–H groups in total. The van der Waals surface area contributed by atoms with Crippen molar-refractivity contribution in [1.29, 1.82) is 0 Å². The molecule has 1 aromatic heterocycles. The Morgan fingerprint density at radius 1 is 1.57 bits per heavy atom. The van der Waals surface area contributed by atoms with Crippen molar-refractivity contribution in [2.45, 2.75) is 38.1 Å². The first-order valence-corrected chi connectivity index (χ1v) is 8.55. The molecule has 2 amide bonds. The largest absolute Gasteiger partial charge is 0.384 e. The minimum atomic E-state index is 0.0530. The van der Waals surface area contributed by atoms with Crippen LogP contribution < -0.4 is 5.32 Å². The van der Waals surface area contributed by atoms with Gasteiger partial charge in [-0.25, -0.2) is 9.78 Å². The fraction of sp³-hybridized carbons (Fsp3) is 0.733. The number of ether oxygens (including phenoxy) is 1. The van der Waals surface area contributed by atoms with Crippen molar-refractivity contribution in [3.05, 3.63) is 16.6 Å². The number of likely N-dealkylation sites (tertiary alicyclic amines) is 1. The molecule has 2 aliphatic rings. The molecule has 3 rings (SSSR count). The van der Waals surface area contributed by atoms with Crippen LogP contribution in [0.15, 0.2) is 11.6 Å². The van der Waals surface area contributed by atoms with Gasteiger partial charge in [0.25, 0.3) is 0 Å². The molecule has 5 nitrogen and oxygen atoms in total. The third kappa shape index (κ3) is 3.37. The average molecular weight is 309 g/mol. The first-order chi connectivity index (χ1) is 10.2. The maximum absolute atomic E-state index is 12.5. The molecular formula is C15H23N3O2S. The molecule has 1 saturated heterocycles. The van der Waals surface area contributed by atoms with Gasteiger partial charge in [-0.15, -0.1) is 11.3 Å². The van der Waals surface area contributed by atoms with Gasteiger partial charge < -0.3 is 15.0 Å². The third-order valence-corrected chi connectivity index (χ3v) is 5.40. The van der Waals surface area contributed by atoms with Crippen molar-refractivity contribution in [3.8, 4) is 0 Å². The first-order valence-electron chi connectivity index (χ1n) is 7.67. The Morgan fingerprint density at radius 2 is 2.43 bits per heavy atom. The van der Waals surface area contributed by atoms with E-state index in [0.29, 0.717) is 0 Å². The molecule has 1 aliphatic heterocycles. The Morgan fingerprint density at radius 3 is 3.10 bits per heavy atom. The Balaban J connectivity index is 1.59. The molecule has 1 saturated carbocycles. The van der Waals surface area contributed by atoms with Crippen LogP contribution >= 0.6 is 11.3 Å². The van der Waals surface area contributed by atoms with E-state index in [-0.39, 0.29) is 17.5 Å². The number of hydrogen-bond donors (Lipinski definition) is 1. The smallest absolute Gasteiger partial charge is 0.318 e. The summed E-state index contributed by atoms with van der Waals surface area (Å²) in [4.78, 5) is 18.9. The lowest BCUT2D eigenvalue weighted by Gasteiger charge is -2.35. The molecule has 0 aromatic carbocycles. The number of hydrogen-bond acceptors (Lipinski definition) is 4. The van der Waals surface area contributed by atoms with Gasteiger partial charge in [0.15, 0.2) is 0 Å². The van der Waals surface area contributed by atoms with E-state index < -0.39 is 0 Å². The number of thiazole rings is 1. The fourth-order valence-electron chi connectivity index (χ4n) is 3.05. The standard InChI is InChI=1S/C15H23N3O2S/c1-20-11-15(5-6-15)10-17-14(19)18-8-3-2-4-12(18)13-16-7-9-21-13/h7,9,12H,2-6,8,10-11H2,1H3,(H,17,19). The molecule has 1 aromatic rings. The Kier molecular flexibility index (Phi) is 4.45. The molecular weight excluding hydrogens is 286 g/mol. The Hall–Kier alpha value is -1.14. The zero-order valence-corrected chi connectivity index (χ0v) is 13.3. The maximum Gasteiger partial charge on any atom is 0.318 e. The normalized spacial score (nSPS) is 23.9. The number of nitrogens with one attached hydrogen (secondary N) is 1. The second-order valence-electron chi connectivity index (χ2n) is 6.17. The van der Waals surface area contributed by atoms with E-state index in [4.69, 9.17) is 4.74 Å². The van der Waals surface area contributed by atoms with E-state index in [1.165, 1.54) is 6.42 Å². The number of nitrogens with zero attached hydrogens (tertiary/aromatic N) is 2. The summed E-state index contributed by atoms with van der Waals surface area (Å²) in [6, 6.07) is 0.202. The summed E-state index contributed by atoms with van der Waals surface area (Å²) < 4.78 is 5.25. The fourth-order valence-corrected chi connectivity index (χ4v) is 3.84. The molecule has 1 atom stereocenters. The number of rotatable bonds is 5. The Labute approximate surface area is 129 Å². The van der Waals surface area contributed by atoms with Crippen molar-refractivity contribution in [3.63, 3.8) is 0 Å². The zero-order valence-electron chi connectivity index (χ0n) is 12.5. The van der Waals surface area contributed by atoms with Crippen molar-refractivity contribution in [2.75, 3.05) is 26.8 Å². The highest BCUT2D eigenvalue weighted by Gasteiger charge is 2.43. The number of amides is 2. The van der Waals surface area contributed by atoms with Crippen LogP contribution in [0.3, 0.4) is 0 Å². The molecule has 2 heterocycles. The molecule has 2 fully saturated rings. The molecule has 6 heteroatoms. The van der Waals surface area contributed by atoms with Crippen LogP contribution in [0.5, 0.6) is 0 Å². The third-order valence-electron chi connectivity index (χ3n) is 4.52. The monoisotopic (exact) mass is 309 g/mol. The zero-order chi connectivity index (χ0) is 14.7. The van der Waals surface area contributed by atoms with E-state index in [9.17, 15) is 4.79 Å². The number of urea groups is 1. The van der Waals surface area contributed by atoms with E-state index in [0.717, 1.165) is 50.4 Å². The van der Waals surface area contributed by atoms with Gasteiger partial charge in [-0.1, -0.05) is 0 Å². The van der Waals surface area contributed by atoms with Gasteiger partial charge in [-0.3, -0.25) is 0 Å². The number of methoxy groups -OCH3 is 1. The summed E-state index contributed by atoms with van der Waals surface area (Å²) in [6.45, 7) is 2.29. The van der Waals surface area contributed by atoms with Gasteiger partial charge >= 0.3 is 6.03 Å². The number of carbonyl (C=O) groups excluding carboxylic acids is 1. The second kappa shape index (κ2) is 6.32. The minimum Gasteiger partial charge on any atom is -0.384 e. The highest BCUT2D eigenvalue weighted by atomic mass is 32.1. The molecule has 1 aliphatic carbocycles. The van der Waals surface area contributed by atoms with E-state index in [1.54, 1.807) is 18.4 Å². The quantitative estimate of drug-likeness (QED) is 0.910. The maximum atomic E-state index is 12.5. The van der Waals surface area contributed by atoms with Gasteiger partial charge in [0, 0.05) is 37.2 Å². The van der Waals surface area contributed by atoms with Crippen molar-refractivity contribution in [1.82, 2.24) is 15.2 Å². The molecule has 21 heavy (non-hydrogen) atoms. The van der Waals surface area contributed by atoms with E-state index in [2.05, 4.69) is 10.3 Å². The van der Waals surface area contributed by atoms with Crippen LogP contribution in [0.4, 0.5) is 4.79 Å². The van der Waals surface area contributed by atoms with Gasteiger partial charge in [-0.05, 0) is 32.1 Å². The van der Waals surface area contributed by atoms with Gasteiger partial charge in [0.2, 0.25) is 0 Å². The van der Waals surface area contributed by atoms with E-state index in [1.807, 2.05) is 16.5 Å². The van der Waals surface area contributed by atoms with Crippen LogP contribution in [0.2, 0.25) is 0 Å². The highest BCUT2D eigenvalue weighted by molar-refractivity contribution is 7.09. The van der Waals surface area contributed by atoms with E-state index >= 15 is 0 Å². The molecule has 1 unspecified atom stereocenters. The highest BCUT2D eigenvalue weighted by Crippen LogP contribution is 2.45. The summed E-state index contributed by atoms with van der Waals surface area (Å²) in [5, 5.41) is 6.16. The van der Waals surface area contributed by atoms with Crippen molar-refractivity contribution >= 4 is 17.4 Å². The average Bonchev–Trinajstić information content (AvgIpc) is 3.06. The number of aromatic nitrogens is 1. The summed E-state index contributed by atoms with van der Waals surface area (Å²) in [6.07, 6.45) is 7.39. The lowest BCUT2D eigenvalue weighted by Crippen LogP contribution is -2.46. The van der Waals surface area contributed by atoms with Crippen molar-refractivity contribution in [2.24, 2.45) is 5.41 Å². The summed E-state index contributed by atoms with van der Waals surface area (Å²) >= 11 is 1.64. The predicted molar refractivity (Wildman–Crippen MR) is 82.4 cm³/mol. The lowest BCUT2D eigenvalue weighted by atomic mass is 10.0. The number of piperidine rings is 1. The van der Waals surface area contributed by atoms with Crippen LogP contribution in [-0.2, 0) is 4.74 Å². The molecule has 0 radical (unpaired) electrons. The summed E-state index contributed by atoms with van der Waals surface area (Å²) in [7, 11) is 1.73.